The lowest BCUT2D eigenvalue weighted by molar-refractivity contribution is 0.308. The molecule has 0 amide bonds. The van der Waals surface area contributed by atoms with Gasteiger partial charge in [-0.3, -0.25) is 4.18 Å². The van der Waals surface area contributed by atoms with Crippen LogP contribution in [-0.2, 0) is 20.9 Å². The molecular formula is C14H12BrClO3S. The normalized spacial score (nSPS) is 11.6. The summed E-state index contributed by atoms with van der Waals surface area (Å²) in [5.74, 6) is 0. The molecule has 106 valence electrons. The second-order valence-electron chi connectivity index (χ2n) is 4.24. The number of rotatable bonds is 4. The molecule has 2 aromatic rings. The molecule has 0 heterocycles. The maximum atomic E-state index is 12.0. The Balaban J connectivity index is 2.17. The standard InChI is InChI=1S/C14H12BrClO3S/c1-10-5-7-12(8-6-10)20(17,18)19-9-11-3-2-4-13(15)14(11)16/h2-8H,9H2,1H3. The summed E-state index contributed by atoms with van der Waals surface area (Å²) in [5.41, 5.74) is 1.59. The van der Waals surface area contributed by atoms with Crippen molar-refractivity contribution < 1.29 is 12.6 Å². The molecule has 0 N–H and O–H groups in total. The van der Waals surface area contributed by atoms with Crippen LogP contribution in [0.15, 0.2) is 51.8 Å². The van der Waals surface area contributed by atoms with E-state index in [1.165, 1.54) is 12.1 Å². The summed E-state index contributed by atoms with van der Waals surface area (Å²) in [6.45, 7) is 1.78. The minimum atomic E-state index is -3.78. The Morgan fingerprint density at radius 2 is 1.80 bits per heavy atom. The van der Waals surface area contributed by atoms with E-state index in [2.05, 4.69) is 15.9 Å². The molecule has 0 aliphatic rings. The van der Waals surface area contributed by atoms with Gasteiger partial charge in [0.05, 0.1) is 16.5 Å². The van der Waals surface area contributed by atoms with E-state index in [4.69, 9.17) is 15.8 Å². The molecule has 0 saturated carbocycles. The molecule has 2 rings (SSSR count). The van der Waals surface area contributed by atoms with E-state index < -0.39 is 10.1 Å². The molecule has 0 aromatic heterocycles. The molecule has 3 nitrogen and oxygen atoms in total. The third-order valence-corrected chi connectivity index (χ3v) is 5.32. The van der Waals surface area contributed by atoms with Gasteiger partial charge >= 0.3 is 0 Å². The van der Waals surface area contributed by atoms with Crippen LogP contribution in [0.4, 0.5) is 0 Å². The fourth-order valence-electron chi connectivity index (χ4n) is 1.57. The van der Waals surface area contributed by atoms with E-state index in [-0.39, 0.29) is 11.5 Å². The zero-order chi connectivity index (χ0) is 14.8. The van der Waals surface area contributed by atoms with Crippen molar-refractivity contribution in [2.24, 2.45) is 0 Å². The van der Waals surface area contributed by atoms with Gasteiger partial charge in [0, 0.05) is 4.47 Å². The Morgan fingerprint density at radius 3 is 2.45 bits per heavy atom. The van der Waals surface area contributed by atoms with Gasteiger partial charge in [-0.1, -0.05) is 41.4 Å². The Bertz CT molecular complexity index is 712. The summed E-state index contributed by atoms with van der Waals surface area (Å²) in [5, 5.41) is 0.451. The highest BCUT2D eigenvalue weighted by atomic mass is 79.9. The van der Waals surface area contributed by atoms with Crippen LogP contribution < -0.4 is 0 Å². The summed E-state index contributed by atoms with van der Waals surface area (Å²) < 4.78 is 29.8. The second-order valence-corrected chi connectivity index (χ2v) is 7.09. The van der Waals surface area contributed by atoms with Gasteiger partial charge in [0.15, 0.2) is 0 Å². The van der Waals surface area contributed by atoms with Crippen molar-refractivity contribution in [3.63, 3.8) is 0 Å². The average molecular weight is 376 g/mol. The molecule has 0 spiro atoms. The third kappa shape index (κ3) is 3.61. The van der Waals surface area contributed by atoms with E-state index in [9.17, 15) is 8.42 Å². The lowest BCUT2D eigenvalue weighted by Gasteiger charge is -2.08. The first kappa shape index (κ1) is 15.5. The highest BCUT2D eigenvalue weighted by Crippen LogP contribution is 2.27. The van der Waals surface area contributed by atoms with Gasteiger partial charge < -0.3 is 0 Å². The Hall–Kier alpha value is -0.880. The minimum absolute atomic E-state index is 0.103. The maximum absolute atomic E-state index is 12.0. The molecule has 0 aliphatic heterocycles. The molecule has 6 heteroatoms. The van der Waals surface area contributed by atoms with E-state index in [0.29, 0.717) is 15.1 Å². The largest absolute Gasteiger partial charge is 0.297 e. The molecule has 0 saturated heterocycles. The van der Waals surface area contributed by atoms with Crippen molar-refractivity contribution in [3.8, 4) is 0 Å². The minimum Gasteiger partial charge on any atom is -0.261 e. The monoisotopic (exact) mass is 374 g/mol. The highest BCUT2D eigenvalue weighted by Gasteiger charge is 2.16. The van der Waals surface area contributed by atoms with Crippen LogP contribution in [-0.4, -0.2) is 8.42 Å². The molecule has 20 heavy (non-hydrogen) atoms. The van der Waals surface area contributed by atoms with E-state index in [1.54, 1.807) is 30.3 Å². The first-order valence-electron chi connectivity index (χ1n) is 5.79. The summed E-state index contributed by atoms with van der Waals surface area (Å²) in [6.07, 6.45) is 0. The topological polar surface area (TPSA) is 43.4 Å². The van der Waals surface area contributed by atoms with Crippen molar-refractivity contribution in [1.82, 2.24) is 0 Å². The maximum Gasteiger partial charge on any atom is 0.297 e. The van der Waals surface area contributed by atoms with E-state index >= 15 is 0 Å². The lowest BCUT2D eigenvalue weighted by atomic mass is 10.2. The van der Waals surface area contributed by atoms with Crippen molar-refractivity contribution in [2.75, 3.05) is 0 Å². The summed E-state index contributed by atoms with van der Waals surface area (Å²) >= 11 is 9.35. The number of aryl methyl sites for hydroxylation is 1. The zero-order valence-electron chi connectivity index (χ0n) is 10.6. The van der Waals surface area contributed by atoms with Gasteiger partial charge in [-0.25, -0.2) is 0 Å². The quantitative estimate of drug-likeness (QED) is 0.748. The first-order valence-corrected chi connectivity index (χ1v) is 8.37. The van der Waals surface area contributed by atoms with Gasteiger partial charge in [0.25, 0.3) is 10.1 Å². The molecule has 0 radical (unpaired) electrons. The van der Waals surface area contributed by atoms with Crippen molar-refractivity contribution in [2.45, 2.75) is 18.4 Å². The van der Waals surface area contributed by atoms with Crippen molar-refractivity contribution >= 4 is 37.6 Å². The fourth-order valence-corrected chi connectivity index (χ4v) is 3.05. The highest BCUT2D eigenvalue weighted by molar-refractivity contribution is 9.10. The predicted molar refractivity (Wildman–Crippen MR) is 82.3 cm³/mol. The summed E-state index contributed by atoms with van der Waals surface area (Å²) in [7, 11) is -3.78. The van der Waals surface area contributed by atoms with Crippen LogP contribution in [0, 0.1) is 6.92 Å². The van der Waals surface area contributed by atoms with Gasteiger partial charge in [-0.2, -0.15) is 8.42 Å². The predicted octanol–water partition coefficient (Wildman–Crippen LogP) is 4.32. The van der Waals surface area contributed by atoms with Crippen LogP contribution >= 0.6 is 27.5 Å². The van der Waals surface area contributed by atoms with Crippen molar-refractivity contribution in [1.29, 1.82) is 0 Å². The average Bonchev–Trinajstić information content (AvgIpc) is 2.41. The molecular weight excluding hydrogens is 364 g/mol. The molecule has 0 fully saturated rings. The van der Waals surface area contributed by atoms with E-state index in [0.717, 1.165) is 5.56 Å². The molecule has 0 unspecified atom stereocenters. The Kier molecular flexibility index (Phi) is 4.86. The van der Waals surface area contributed by atoms with Crippen LogP contribution in [0.25, 0.3) is 0 Å². The van der Waals surface area contributed by atoms with Crippen LogP contribution in [0.3, 0.4) is 0 Å². The van der Waals surface area contributed by atoms with Crippen LogP contribution in [0.2, 0.25) is 5.02 Å². The first-order chi connectivity index (χ1) is 9.40. The summed E-state index contributed by atoms with van der Waals surface area (Å²) in [4.78, 5) is 0.134. The second kappa shape index (κ2) is 6.26. The SMILES string of the molecule is Cc1ccc(S(=O)(=O)OCc2cccc(Br)c2Cl)cc1. The van der Waals surface area contributed by atoms with Gasteiger partial charge in [0.2, 0.25) is 0 Å². The number of benzene rings is 2. The molecule has 0 bridgehead atoms. The number of halogens is 2. The summed E-state index contributed by atoms with van der Waals surface area (Å²) in [6, 6.07) is 11.8. The van der Waals surface area contributed by atoms with Gasteiger partial charge in [-0.15, -0.1) is 0 Å². The number of hydrogen-bond acceptors (Lipinski definition) is 3. The van der Waals surface area contributed by atoms with Gasteiger partial charge in [0.1, 0.15) is 0 Å². The van der Waals surface area contributed by atoms with Crippen LogP contribution in [0.1, 0.15) is 11.1 Å². The fraction of sp³-hybridized carbons (Fsp3) is 0.143. The van der Waals surface area contributed by atoms with Crippen molar-refractivity contribution in [3.05, 3.63) is 63.1 Å². The Labute approximate surface area is 131 Å². The smallest absolute Gasteiger partial charge is 0.261 e. The number of hydrogen-bond donors (Lipinski definition) is 0. The Morgan fingerprint density at radius 1 is 1.15 bits per heavy atom. The third-order valence-electron chi connectivity index (χ3n) is 2.71. The molecule has 0 aliphatic carbocycles. The van der Waals surface area contributed by atoms with Gasteiger partial charge in [-0.05, 0) is 46.6 Å². The van der Waals surface area contributed by atoms with E-state index in [1.807, 2.05) is 6.92 Å². The zero-order valence-corrected chi connectivity index (χ0v) is 13.8. The van der Waals surface area contributed by atoms with Crippen LogP contribution in [0.5, 0.6) is 0 Å². The lowest BCUT2D eigenvalue weighted by Crippen LogP contribution is -2.06. The molecule has 2 aromatic carbocycles. The molecule has 0 atom stereocenters.